The summed E-state index contributed by atoms with van der Waals surface area (Å²) in [6.45, 7) is 2.03. The lowest BCUT2D eigenvalue weighted by Gasteiger charge is -2.07. The van der Waals surface area contributed by atoms with Crippen LogP contribution in [0.2, 0.25) is 5.15 Å². The third-order valence-corrected chi connectivity index (χ3v) is 2.52. The number of aryl methyl sites for hydroxylation is 1. The minimum Gasteiger partial charge on any atom is -0.481 e. The van der Waals surface area contributed by atoms with E-state index in [2.05, 4.69) is 9.97 Å². The van der Waals surface area contributed by atoms with Gasteiger partial charge in [0.2, 0.25) is 5.88 Å². The Morgan fingerprint density at radius 2 is 2.12 bits per heavy atom. The minimum atomic E-state index is 0.414. The molecule has 0 unspecified atom stereocenters. The zero-order valence-electron chi connectivity index (χ0n) is 9.07. The van der Waals surface area contributed by atoms with E-state index < -0.39 is 0 Å². The summed E-state index contributed by atoms with van der Waals surface area (Å²) >= 11 is 5.92. The van der Waals surface area contributed by atoms with Gasteiger partial charge in [0.05, 0.1) is 7.11 Å². The Morgan fingerprint density at radius 3 is 2.81 bits per heavy atom. The van der Waals surface area contributed by atoms with E-state index in [0.717, 1.165) is 16.7 Å². The van der Waals surface area contributed by atoms with Gasteiger partial charge in [-0.2, -0.15) is 0 Å². The van der Waals surface area contributed by atoms with Crippen LogP contribution in [0.25, 0.3) is 11.1 Å². The van der Waals surface area contributed by atoms with Crippen molar-refractivity contribution in [3.63, 3.8) is 0 Å². The van der Waals surface area contributed by atoms with E-state index in [1.165, 1.54) is 0 Å². The number of methoxy groups -OCH3 is 1. The van der Waals surface area contributed by atoms with Crippen LogP contribution in [-0.4, -0.2) is 17.1 Å². The minimum absolute atomic E-state index is 0.414. The Morgan fingerprint density at radius 1 is 1.31 bits per heavy atom. The number of rotatable bonds is 2. The first-order valence-electron chi connectivity index (χ1n) is 4.83. The topological polar surface area (TPSA) is 35.0 Å². The third-order valence-electron chi connectivity index (χ3n) is 2.33. The van der Waals surface area contributed by atoms with Crippen molar-refractivity contribution in [2.24, 2.45) is 0 Å². The Bertz CT molecular complexity index is 514. The van der Waals surface area contributed by atoms with Crippen LogP contribution in [-0.2, 0) is 0 Å². The first kappa shape index (κ1) is 10.9. The van der Waals surface area contributed by atoms with E-state index in [9.17, 15) is 0 Å². The van der Waals surface area contributed by atoms with Crippen LogP contribution in [0.15, 0.2) is 30.6 Å². The molecule has 0 fully saturated rings. The highest BCUT2D eigenvalue weighted by Gasteiger charge is 2.06. The van der Waals surface area contributed by atoms with E-state index in [0.29, 0.717) is 11.0 Å². The van der Waals surface area contributed by atoms with Gasteiger partial charge in [0, 0.05) is 24.0 Å². The fourth-order valence-electron chi connectivity index (χ4n) is 1.50. The molecule has 16 heavy (non-hydrogen) atoms. The Kier molecular flexibility index (Phi) is 3.06. The summed E-state index contributed by atoms with van der Waals surface area (Å²) in [6, 6.07) is 5.60. The molecular formula is C12H11ClN2O. The summed E-state index contributed by atoms with van der Waals surface area (Å²) in [7, 11) is 1.57. The van der Waals surface area contributed by atoms with Gasteiger partial charge in [-0.1, -0.05) is 11.6 Å². The van der Waals surface area contributed by atoms with Gasteiger partial charge in [-0.25, -0.2) is 4.98 Å². The first-order chi connectivity index (χ1) is 7.70. The molecule has 0 saturated carbocycles. The zero-order chi connectivity index (χ0) is 11.5. The van der Waals surface area contributed by atoms with Crippen LogP contribution < -0.4 is 4.74 Å². The second-order valence-corrected chi connectivity index (χ2v) is 3.80. The maximum atomic E-state index is 5.92. The van der Waals surface area contributed by atoms with Crippen molar-refractivity contribution in [1.29, 1.82) is 0 Å². The third kappa shape index (κ3) is 2.14. The van der Waals surface area contributed by atoms with Crippen LogP contribution in [0.1, 0.15) is 5.56 Å². The van der Waals surface area contributed by atoms with Gasteiger partial charge < -0.3 is 4.74 Å². The molecule has 0 aliphatic rings. The molecule has 0 bridgehead atoms. The second kappa shape index (κ2) is 4.49. The number of hydrogen-bond acceptors (Lipinski definition) is 3. The number of halogens is 1. The molecule has 82 valence electrons. The molecule has 2 aromatic rings. The van der Waals surface area contributed by atoms with E-state index in [1.807, 2.05) is 19.1 Å². The predicted molar refractivity (Wildman–Crippen MR) is 63.8 cm³/mol. The molecular weight excluding hydrogens is 224 g/mol. The van der Waals surface area contributed by atoms with Gasteiger partial charge in [-0.3, -0.25) is 4.98 Å². The average molecular weight is 235 g/mol. The van der Waals surface area contributed by atoms with E-state index in [4.69, 9.17) is 16.3 Å². The molecule has 2 aromatic heterocycles. The summed E-state index contributed by atoms with van der Waals surface area (Å²) < 4.78 is 5.08. The first-order valence-corrected chi connectivity index (χ1v) is 5.21. The highest BCUT2D eigenvalue weighted by Crippen LogP contribution is 2.27. The lowest BCUT2D eigenvalue weighted by atomic mass is 10.0. The van der Waals surface area contributed by atoms with Gasteiger partial charge in [0.1, 0.15) is 5.15 Å². The molecule has 0 aromatic carbocycles. The molecule has 0 atom stereocenters. The Hall–Kier alpha value is -1.61. The smallest absolute Gasteiger partial charge is 0.214 e. The summed E-state index contributed by atoms with van der Waals surface area (Å²) in [6.07, 6.45) is 3.57. The highest BCUT2D eigenvalue weighted by atomic mass is 35.5. The van der Waals surface area contributed by atoms with Crippen molar-refractivity contribution in [2.75, 3.05) is 7.11 Å². The number of ether oxygens (including phenoxy) is 1. The monoisotopic (exact) mass is 234 g/mol. The molecule has 2 heterocycles. The summed E-state index contributed by atoms with van der Waals surface area (Å²) in [5.41, 5.74) is 3.13. The van der Waals surface area contributed by atoms with Gasteiger partial charge in [0.15, 0.2) is 0 Å². The quantitative estimate of drug-likeness (QED) is 0.749. The number of hydrogen-bond donors (Lipinski definition) is 0. The molecule has 3 nitrogen and oxygen atoms in total. The molecule has 0 aliphatic carbocycles. The van der Waals surface area contributed by atoms with Crippen LogP contribution in [0.3, 0.4) is 0 Å². The van der Waals surface area contributed by atoms with Crippen LogP contribution in [0, 0.1) is 6.92 Å². The molecule has 0 aliphatic heterocycles. The molecule has 0 N–H and O–H groups in total. The fourth-order valence-corrected chi connectivity index (χ4v) is 1.70. The second-order valence-electron chi connectivity index (χ2n) is 3.41. The Labute approximate surface area is 99.1 Å². The maximum absolute atomic E-state index is 5.92. The number of pyridine rings is 2. The van der Waals surface area contributed by atoms with Crippen molar-refractivity contribution in [2.45, 2.75) is 6.92 Å². The standard InChI is InChI=1S/C12H11ClN2O/c1-8-3-4-14-7-10(8)9-5-11(13)15-12(6-9)16-2/h3-7H,1-2H3. The van der Waals surface area contributed by atoms with Crippen molar-refractivity contribution in [3.8, 4) is 17.0 Å². The average Bonchev–Trinajstić information content (AvgIpc) is 2.28. The Balaban J connectivity index is 2.56. The van der Waals surface area contributed by atoms with Crippen molar-refractivity contribution in [3.05, 3.63) is 41.3 Å². The van der Waals surface area contributed by atoms with Gasteiger partial charge in [-0.05, 0) is 30.2 Å². The van der Waals surface area contributed by atoms with E-state index in [1.54, 1.807) is 25.6 Å². The fraction of sp³-hybridized carbons (Fsp3) is 0.167. The predicted octanol–water partition coefficient (Wildman–Crippen LogP) is 3.11. The molecule has 0 saturated heterocycles. The molecule has 2 rings (SSSR count). The molecule has 0 amide bonds. The van der Waals surface area contributed by atoms with Crippen LogP contribution >= 0.6 is 11.6 Å². The lowest BCUT2D eigenvalue weighted by Crippen LogP contribution is -1.91. The molecule has 4 heteroatoms. The van der Waals surface area contributed by atoms with E-state index in [-0.39, 0.29) is 0 Å². The van der Waals surface area contributed by atoms with Crippen molar-refractivity contribution >= 4 is 11.6 Å². The zero-order valence-corrected chi connectivity index (χ0v) is 9.82. The van der Waals surface area contributed by atoms with Gasteiger partial charge >= 0.3 is 0 Å². The van der Waals surface area contributed by atoms with Crippen LogP contribution in [0.4, 0.5) is 0 Å². The highest BCUT2D eigenvalue weighted by molar-refractivity contribution is 6.29. The normalized spacial score (nSPS) is 10.2. The van der Waals surface area contributed by atoms with E-state index >= 15 is 0 Å². The van der Waals surface area contributed by atoms with Crippen molar-refractivity contribution in [1.82, 2.24) is 9.97 Å². The summed E-state index contributed by atoms with van der Waals surface area (Å²) in [4.78, 5) is 8.13. The van der Waals surface area contributed by atoms with Gasteiger partial charge in [0.25, 0.3) is 0 Å². The number of aromatic nitrogens is 2. The largest absolute Gasteiger partial charge is 0.481 e. The SMILES string of the molecule is COc1cc(-c2cnccc2C)cc(Cl)n1. The van der Waals surface area contributed by atoms with Crippen molar-refractivity contribution < 1.29 is 4.74 Å². The molecule has 0 spiro atoms. The number of nitrogens with zero attached hydrogens (tertiary/aromatic N) is 2. The molecule has 0 radical (unpaired) electrons. The van der Waals surface area contributed by atoms with Gasteiger partial charge in [-0.15, -0.1) is 0 Å². The summed E-state index contributed by atoms with van der Waals surface area (Å²) in [5, 5.41) is 0.414. The lowest BCUT2D eigenvalue weighted by molar-refractivity contribution is 0.398. The summed E-state index contributed by atoms with van der Waals surface area (Å²) in [5.74, 6) is 0.505. The maximum Gasteiger partial charge on any atom is 0.214 e. The van der Waals surface area contributed by atoms with Crippen LogP contribution in [0.5, 0.6) is 5.88 Å².